The van der Waals surface area contributed by atoms with Gasteiger partial charge in [-0.15, -0.1) is 24.0 Å². The van der Waals surface area contributed by atoms with E-state index in [1.807, 2.05) is 18.5 Å². The third kappa shape index (κ3) is 10.3. The van der Waals surface area contributed by atoms with Gasteiger partial charge in [0.15, 0.2) is 5.96 Å². The number of nitrogens with zero attached hydrogens (tertiary/aromatic N) is 3. The van der Waals surface area contributed by atoms with Gasteiger partial charge in [-0.2, -0.15) is 5.10 Å². The van der Waals surface area contributed by atoms with Crippen molar-refractivity contribution in [3.63, 3.8) is 0 Å². The van der Waals surface area contributed by atoms with Crippen molar-refractivity contribution in [2.45, 2.75) is 33.7 Å². The van der Waals surface area contributed by atoms with Crippen molar-refractivity contribution in [2.24, 2.45) is 4.99 Å². The van der Waals surface area contributed by atoms with Crippen LogP contribution in [0.15, 0.2) is 11.1 Å². The molecule has 0 spiro atoms. The molecule has 0 radical (unpaired) electrons. The number of methoxy groups -OCH3 is 1. The summed E-state index contributed by atoms with van der Waals surface area (Å²) in [6.45, 7) is 9.49. The number of ether oxygens (including phenoxy) is 1. The lowest BCUT2D eigenvalue weighted by molar-refractivity contribution is -0.119. The predicted molar refractivity (Wildman–Crippen MR) is 111 cm³/mol. The Bertz CT molecular complexity index is 533. The minimum absolute atomic E-state index is 0. The van der Waals surface area contributed by atoms with E-state index in [1.165, 1.54) is 5.69 Å². The summed E-state index contributed by atoms with van der Waals surface area (Å²) >= 11 is 0. The molecule has 3 N–H and O–H groups in total. The van der Waals surface area contributed by atoms with Crippen LogP contribution in [0.5, 0.6) is 0 Å². The van der Waals surface area contributed by atoms with Crippen molar-refractivity contribution in [3.05, 3.63) is 17.5 Å². The van der Waals surface area contributed by atoms with Crippen LogP contribution < -0.4 is 16.0 Å². The maximum absolute atomic E-state index is 11.6. The zero-order valence-corrected chi connectivity index (χ0v) is 17.9. The molecule has 0 unspecified atom stereocenters. The number of halogens is 1. The van der Waals surface area contributed by atoms with Crippen LogP contribution in [-0.4, -0.2) is 61.5 Å². The molecule has 0 fully saturated rings. The van der Waals surface area contributed by atoms with Crippen molar-refractivity contribution >= 4 is 35.8 Å². The monoisotopic (exact) mass is 466 g/mol. The second-order valence-electron chi connectivity index (χ2n) is 5.47. The fourth-order valence-corrected chi connectivity index (χ4v) is 2.18. The van der Waals surface area contributed by atoms with Crippen LogP contribution in [0.25, 0.3) is 0 Å². The molecule has 1 rings (SSSR count). The van der Waals surface area contributed by atoms with Crippen molar-refractivity contribution < 1.29 is 9.53 Å². The lowest BCUT2D eigenvalue weighted by atomic mass is 10.4. The smallest absolute Gasteiger partial charge is 0.241 e. The number of nitrogens with one attached hydrogen (secondary N) is 3. The summed E-state index contributed by atoms with van der Waals surface area (Å²) in [5, 5.41) is 13.5. The van der Waals surface area contributed by atoms with E-state index in [0.717, 1.165) is 31.7 Å². The van der Waals surface area contributed by atoms with E-state index in [-0.39, 0.29) is 36.4 Å². The van der Waals surface area contributed by atoms with Gasteiger partial charge >= 0.3 is 0 Å². The van der Waals surface area contributed by atoms with Gasteiger partial charge in [-0.05, 0) is 33.3 Å². The molecule has 1 amide bonds. The van der Waals surface area contributed by atoms with Crippen LogP contribution in [0.1, 0.15) is 24.7 Å². The van der Waals surface area contributed by atoms with Gasteiger partial charge in [0.1, 0.15) is 6.54 Å². The molecule has 25 heavy (non-hydrogen) atoms. The van der Waals surface area contributed by atoms with Crippen molar-refractivity contribution in [3.8, 4) is 0 Å². The van der Waals surface area contributed by atoms with Gasteiger partial charge in [0.2, 0.25) is 5.91 Å². The largest absolute Gasteiger partial charge is 0.383 e. The minimum Gasteiger partial charge on any atom is -0.383 e. The molecule has 144 valence electrons. The Hall–Kier alpha value is -1.36. The van der Waals surface area contributed by atoms with Gasteiger partial charge < -0.3 is 20.7 Å². The molecule has 0 aromatic carbocycles. The number of carbonyl (C=O) groups is 1. The summed E-state index contributed by atoms with van der Waals surface area (Å²) in [7, 11) is 1.60. The number of amides is 1. The third-order valence-electron chi connectivity index (χ3n) is 3.30. The number of hydrogen-bond donors (Lipinski definition) is 3. The second-order valence-corrected chi connectivity index (χ2v) is 5.47. The lowest BCUT2D eigenvalue weighted by Crippen LogP contribution is -2.39. The third-order valence-corrected chi connectivity index (χ3v) is 3.30. The first-order chi connectivity index (χ1) is 11.6. The average molecular weight is 466 g/mol. The van der Waals surface area contributed by atoms with E-state index in [1.54, 1.807) is 7.11 Å². The molecule has 0 saturated heterocycles. The average Bonchev–Trinajstić information content (AvgIpc) is 2.87. The van der Waals surface area contributed by atoms with E-state index >= 15 is 0 Å². The minimum atomic E-state index is -0.119. The molecule has 8 nitrogen and oxygen atoms in total. The maximum Gasteiger partial charge on any atom is 0.241 e. The van der Waals surface area contributed by atoms with Crippen LogP contribution in [-0.2, 0) is 16.1 Å². The van der Waals surface area contributed by atoms with Crippen LogP contribution in [0, 0.1) is 13.8 Å². The number of rotatable bonds is 10. The molecule has 9 heteroatoms. The Morgan fingerprint density at radius 2 is 2.04 bits per heavy atom. The van der Waals surface area contributed by atoms with Crippen molar-refractivity contribution in [1.82, 2.24) is 25.7 Å². The standard InChI is InChI=1S/C16H30N6O2.HI/c1-5-17-16(20-12-15(23)18-8-10-24-4)19-7-6-9-22-14(3)11-13(2)21-22;/h11H,5-10,12H2,1-4H3,(H,18,23)(H2,17,19,20);1H. The topological polar surface area (TPSA) is 92.6 Å². The van der Waals surface area contributed by atoms with Crippen LogP contribution >= 0.6 is 24.0 Å². The number of aromatic nitrogens is 2. The Kier molecular flexibility index (Phi) is 13.1. The van der Waals surface area contributed by atoms with E-state index in [0.29, 0.717) is 19.1 Å². The number of aliphatic imine (C=N–C) groups is 1. The lowest BCUT2D eigenvalue weighted by Gasteiger charge is -2.11. The van der Waals surface area contributed by atoms with Gasteiger partial charge in [0, 0.05) is 39.0 Å². The summed E-state index contributed by atoms with van der Waals surface area (Å²) < 4.78 is 6.89. The highest BCUT2D eigenvalue weighted by atomic mass is 127. The SMILES string of the molecule is CCNC(=NCC(=O)NCCOC)NCCCn1nc(C)cc1C.I. The van der Waals surface area contributed by atoms with E-state index in [2.05, 4.69) is 39.0 Å². The van der Waals surface area contributed by atoms with Crippen LogP contribution in [0.4, 0.5) is 0 Å². The molecule has 0 aliphatic carbocycles. The molecule has 0 aliphatic heterocycles. The van der Waals surface area contributed by atoms with Crippen molar-refractivity contribution in [1.29, 1.82) is 0 Å². The van der Waals surface area contributed by atoms with Gasteiger partial charge in [0.25, 0.3) is 0 Å². The predicted octanol–water partition coefficient (Wildman–Crippen LogP) is 0.826. The molecule has 1 heterocycles. The number of hydrogen-bond acceptors (Lipinski definition) is 4. The Balaban J connectivity index is 0.00000576. The molecule has 0 bridgehead atoms. The van der Waals surface area contributed by atoms with Crippen molar-refractivity contribution in [2.75, 3.05) is 39.9 Å². The Morgan fingerprint density at radius 3 is 2.64 bits per heavy atom. The van der Waals surface area contributed by atoms with Gasteiger partial charge in [-0.25, -0.2) is 4.99 Å². The quantitative estimate of drug-likeness (QED) is 0.206. The fraction of sp³-hybridized carbons (Fsp3) is 0.688. The molecule has 1 aromatic rings. The second kappa shape index (κ2) is 13.9. The first-order valence-electron chi connectivity index (χ1n) is 8.35. The number of carbonyl (C=O) groups excluding carboxylic acids is 1. The zero-order chi connectivity index (χ0) is 17.8. The summed E-state index contributed by atoms with van der Waals surface area (Å²) in [4.78, 5) is 15.9. The van der Waals surface area contributed by atoms with E-state index in [9.17, 15) is 4.79 Å². The molecular weight excluding hydrogens is 435 g/mol. The summed E-state index contributed by atoms with van der Waals surface area (Å²) in [5.74, 6) is 0.527. The summed E-state index contributed by atoms with van der Waals surface area (Å²) in [5.41, 5.74) is 2.20. The molecule has 0 saturated carbocycles. The highest BCUT2D eigenvalue weighted by molar-refractivity contribution is 14.0. The van der Waals surface area contributed by atoms with Crippen LogP contribution in [0.2, 0.25) is 0 Å². The first-order valence-corrected chi connectivity index (χ1v) is 8.35. The van der Waals surface area contributed by atoms with Gasteiger partial charge in [-0.3, -0.25) is 9.48 Å². The van der Waals surface area contributed by atoms with E-state index in [4.69, 9.17) is 4.74 Å². The Morgan fingerprint density at radius 1 is 1.28 bits per heavy atom. The highest BCUT2D eigenvalue weighted by Crippen LogP contribution is 2.02. The number of guanidine groups is 1. The van der Waals surface area contributed by atoms with Gasteiger partial charge in [0.05, 0.1) is 12.3 Å². The summed E-state index contributed by atoms with van der Waals surface area (Å²) in [6.07, 6.45) is 0.923. The maximum atomic E-state index is 11.6. The first kappa shape index (κ1) is 23.6. The summed E-state index contributed by atoms with van der Waals surface area (Å²) in [6, 6.07) is 2.07. The fourth-order valence-electron chi connectivity index (χ4n) is 2.18. The normalized spacial score (nSPS) is 11.0. The van der Waals surface area contributed by atoms with E-state index < -0.39 is 0 Å². The highest BCUT2D eigenvalue weighted by Gasteiger charge is 2.03. The Labute approximate surface area is 167 Å². The number of aryl methyl sites for hydroxylation is 3. The molecule has 1 aromatic heterocycles. The molecule has 0 atom stereocenters. The zero-order valence-electron chi connectivity index (χ0n) is 15.6. The van der Waals surface area contributed by atoms with Gasteiger partial charge in [-0.1, -0.05) is 0 Å². The molecular formula is C16H31IN6O2. The van der Waals surface area contributed by atoms with Crippen LogP contribution in [0.3, 0.4) is 0 Å². The molecule has 0 aliphatic rings.